The van der Waals surface area contributed by atoms with Crippen LogP contribution in [0.3, 0.4) is 0 Å². The number of aryl methyl sites for hydroxylation is 1. The van der Waals surface area contributed by atoms with Crippen LogP contribution >= 0.6 is 0 Å². The van der Waals surface area contributed by atoms with Crippen molar-refractivity contribution in [2.45, 2.75) is 31.5 Å². The second-order valence-electron chi connectivity index (χ2n) is 8.42. The normalized spacial score (nSPS) is 29.0. The van der Waals surface area contributed by atoms with Gasteiger partial charge in [0.05, 0.1) is 11.7 Å². The van der Waals surface area contributed by atoms with Gasteiger partial charge >= 0.3 is 0 Å². The lowest BCUT2D eigenvalue weighted by atomic mass is 9.73. The van der Waals surface area contributed by atoms with Gasteiger partial charge in [-0.1, -0.05) is 0 Å². The lowest BCUT2D eigenvalue weighted by Crippen LogP contribution is -2.41. The summed E-state index contributed by atoms with van der Waals surface area (Å²) in [5.41, 5.74) is 0.976. The molecule has 0 aliphatic carbocycles. The number of nitriles is 1. The summed E-state index contributed by atoms with van der Waals surface area (Å²) in [6.45, 7) is 3.56. The van der Waals surface area contributed by atoms with Crippen LogP contribution in [0.1, 0.15) is 34.5 Å². The number of rotatable bonds is 4. The SMILES string of the molecule is Cc1cc(C(=O)NC[C@H]2[C@H]3CN(c4nccnc4C#N)C[C@]34CC[C@H]2O4)ccc1F. The first-order chi connectivity index (χ1) is 14.5. The van der Waals surface area contributed by atoms with Gasteiger partial charge in [-0.05, 0) is 43.5 Å². The molecule has 7 nitrogen and oxygen atoms in total. The van der Waals surface area contributed by atoms with Crippen LogP contribution in [0.25, 0.3) is 0 Å². The van der Waals surface area contributed by atoms with Crippen molar-refractivity contribution in [2.24, 2.45) is 11.8 Å². The van der Waals surface area contributed by atoms with Crippen LogP contribution < -0.4 is 10.2 Å². The van der Waals surface area contributed by atoms with Gasteiger partial charge in [0.2, 0.25) is 0 Å². The van der Waals surface area contributed by atoms with E-state index >= 15 is 0 Å². The maximum atomic E-state index is 13.5. The van der Waals surface area contributed by atoms with Crippen molar-refractivity contribution in [3.05, 3.63) is 53.2 Å². The molecular formula is C22H22FN5O2. The van der Waals surface area contributed by atoms with Crippen molar-refractivity contribution >= 4 is 11.7 Å². The van der Waals surface area contributed by atoms with Gasteiger partial charge < -0.3 is 15.0 Å². The van der Waals surface area contributed by atoms with Crippen molar-refractivity contribution < 1.29 is 13.9 Å². The average Bonchev–Trinajstić information content (AvgIpc) is 3.42. The van der Waals surface area contributed by atoms with E-state index in [1.807, 2.05) is 0 Å². The second-order valence-corrected chi connectivity index (χ2v) is 8.42. The van der Waals surface area contributed by atoms with Gasteiger partial charge in [-0.2, -0.15) is 5.26 Å². The van der Waals surface area contributed by atoms with E-state index in [0.29, 0.717) is 35.7 Å². The van der Waals surface area contributed by atoms with E-state index in [1.54, 1.807) is 19.2 Å². The third kappa shape index (κ3) is 2.92. The molecule has 3 saturated heterocycles. The molecule has 0 saturated carbocycles. The molecular weight excluding hydrogens is 385 g/mol. The molecule has 5 rings (SSSR count). The molecule has 1 aromatic carbocycles. The molecule has 3 fully saturated rings. The highest BCUT2D eigenvalue weighted by Crippen LogP contribution is 2.55. The average molecular weight is 407 g/mol. The smallest absolute Gasteiger partial charge is 0.251 e. The number of nitrogens with zero attached hydrogens (tertiary/aromatic N) is 4. The highest BCUT2D eigenvalue weighted by molar-refractivity contribution is 5.94. The number of amides is 1. The van der Waals surface area contributed by atoms with Crippen LogP contribution in [0.2, 0.25) is 0 Å². The third-order valence-electron chi connectivity index (χ3n) is 6.79. The summed E-state index contributed by atoms with van der Waals surface area (Å²) in [7, 11) is 0. The van der Waals surface area contributed by atoms with Crippen LogP contribution in [-0.4, -0.2) is 47.2 Å². The number of hydrogen-bond acceptors (Lipinski definition) is 6. The Balaban J connectivity index is 1.31. The Morgan fingerprint density at radius 2 is 2.27 bits per heavy atom. The molecule has 1 aromatic heterocycles. The summed E-state index contributed by atoms with van der Waals surface area (Å²) in [5.74, 6) is 0.518. The van der Waals surface area contributed by atoms with E-state index in [1.165, 1.54) is 18.3 Å². The standard InChI is InChI=1S/C22H22FN5O2/c1-13-8-14(2-3-17(13)23)21(29)27-10-15-16-11-28(12-22(16)5-4-19(15)30-22)20-18(9-24)25-6-7-26-20/h2-3,6-8,15-16,19H,4-5,10-12H2,1H3,(H,27,29)/t15-,16+,19+,22+/m0/s1. The van der Waals surface area contributed by atoms with Gasteiger partial charge in [-0.25, -0.2) is 14.4 Å². The van der Waals surface area contributed by atoms with Gasteiger partial charge in [-0.3, -0.25) is 4.79 Å². The zero-order valence-corrected chi connectivity index (χ0v) is 16.6. The molecule has 4 atom stereocenters. The number of hydrogen-bond donors (Lipinski definition) is 1. The summed E-state index contributed by atoms with van der Waals surface area (Å²) in [6, 6.07) is 6.51. The summed E-state index contributed by atoms with van der Waals surface area (Å²) in [6.07, 6.45) is 5.19. The Bertz CT molecular complexity index is 1050. The van der Waals surface area contributed by atoms with Crippen molar-refractivity contribution in [3.8, 4) is 6.07 Å². The quantitative estimate of drug-likeness (QED) is 0.836. The minimum atomic E-state index is -0.318. The number of carbonyl (C=O) groups is 1. The summed E-state index contributed by atoms with van der Waals surface area (Å²) >= 11 is 0. The van der Waals surface area contributed by atoms with Crippen molar-refractivity contribution in [1.29, 1.82) is 5.26 Å². The predicted molar refractivity (Wildman–Crippen MR) is 106 cm³/mol. The molecule has 1 spiro atoms. The van der Waals surface area contributed by atoms with Crippen LogP contribution in [-0.2, 0) is 4.74 Å². The fraction of sp³-hybridized carbons (Fsp3) is 0.455. The molecule has 3 aliphatic rings. The van der Waals surface area contributed by atoms with E-state index < -0.39 is 0 Å². The van der Waals surface area contributed by atoms with Crippen LogP contribution in [0.4, 0.5) is 10.2 Å². The van der Waals surface area contributed by atoms with Gasteiger partial charge in [0, 0.05) is 49.4 Å². The Kier molecular flexibility index (Phi) is 4.44. The molecule has 0 unspecified atom stereocenters. The Hall–Kier alpha value is -3.05. The lowest BCUT2D eigenvalue weighted by Gasteiger charge is -2.29. The Morgan fingerprint density at radius 1 is 1.43 bits per heavy atom. The monoisotopic (exact) mass is 407 g/mol. The summed E-state index contributed by atoms with van der Waals surface area (Å²) in [4.78, 5) is 23.2. The van der Waals surface area contributed by atoms with Crippen molar-refractivity contribution in [2.75, 3.05) is 24.5 Å². The number of ether oxygens (including phenoxy) is 1. The van der Waals surface area contributed by atoms with Gasteiger partial charge in [-0.15, -0.1) is 0 Å². The predicted octanol–water partition coefficient (Wildman–Crippen LogP) is 2.21. The Labute approximate surface area is 173 Å². The number of carbonyl (C=O) groups excluding carboxylic acids is 1. The molecule has 1 N–H and O–H groups in total. The van der Waals surface area contributed by atoms with Crippen molar-refractivity contribution in [3.63, 3.8) is 0 Å². The molecule has 2 aromatic rings. The van der Waals surface area contributed by atoms with E-state index in [-0.39, 0.29) is 35.3 Å². The fourth-order valence-corrected chi connectivity index (χ4v) is 5.36. The largest absolute Gasteiger partial charge is 0.369 e. The van der Waals surface area contributed by atoms with E-state index in [9.17, 15) is 14.4 Å². The number of anilines is 1. The molecule has 30 heavy (non-hydrogen) atoms. The number of halogens is 1. The van der Waals surface area contributed by atoms with Crippen LogP contribution in [0.5, 0.6) is 0 Å². The number of benzene rings is 1. The lowest BCUT2D eigenvalue weighted by molar-refractivity contribution is 0.0141. The summed E-state index contributed by atoms with van der Waals surface area (Å²) in [5, 5.41) is 12.4. The zero-order valence-electron chi connectivity index (χ0n) is 16.6. The van der Waals surface area contributed by atoms with Crippen LogP contribution in [0.15, 0.2) is 30.6 Å². The minimum absolute atomic E-state index is 0.129. The zero-order chi connectivity index (χ0) is 20.9. The molecule has 1 amide bonds. The number of aromatic nitrogens is 2. The third-order valence-corrected chi connectivity index (χ3v) is 6.79. The molecule has 0 radical (unpaired) electrons. The van der Waals surface area contributed by atoms with Gasteiger partial charge in [0.1, 0.15) is 11.9 Å². The van der Waals surface area contributed by atoms with E-state index in [4.69, 9.17) is 4.74 Å². The molecule has 3 aliphatic heterocycles. The highest BCUT2D eigenvalue weighted by atomic mass is 19.1. The van der Waals surface area contributed by atoms with E-state index in [0.717, 1.165) is 19.4 Å². The minimum Gasteiger partial charge on any atom is -0.369 e. The molecule has 8 heteroatoms. The van der Waals surface area contributed by atoms with Gasteiger partial charge in [0.25, 0.3) is 5.91 Å². The number of nitrogens with one attached hydrogen (secondary N) is 1. The molecule has 154 valence electrons. The first-order valence-corrected chi connectivity index (χ1v) is 10.2. The molecule has 2 bridgehead atoms. The first kappa shape index (κ1) is 18.9. The van der Waals surface area contributed by atoms with E-state index in [2.05, 4.69) is 26.3 Å². The summed E-state index contributed by atoms with van der Waals surface area (Å²) < 4.78 is 19.9. The first-order valence-electron chi connectivity index (χ1n) is 10.2. The fourth-order valence-electron chi connectivity index (χ4n) is 5.36. The topological polar surface area (TPSA) is 91.1 Å². The number of fused-ring (bicyclic) bond motifs is 1. The maximum absolute atomic E-state index is 13.5. The molecule has 4 heterocycles. The second kappa shape index (κ2) is 7.03. The Morgan fingerprint density at radius 3 is 3.07 bits per heavy atom. The van der Waals surface area contributed by atoms with Crippen LogP contribution in [0, 0.1) is 35.9 Å². The maximum Gasteiger partial charge on any atom is 0.251 e. The highest BCUT2D eigenvalue weighted by Gasteiger charge is 2.63. The van der Waals surface area contributed by atoms with Gasteiger partial charge in [0.15, 0.2) is 11.5 Å². The van der Waals surface area contributed by atoms with Crippen molar-refractivity contribution in [1.82, 2.24) is 15.3 Å².